The number of benzene rings is 1. The molecule has 3 rings (SSSR count). The molecule has 0 aliphatic heterocycles. The lowest BCUT2D eigenvalue weighted by atomic mass is 10.1. The first-order chi connectivity index (χ1) is 9.75. The Labute approximate surface area is 117 Å². The van der Waals surface area contributed by atoms with Gasteiger partial charge in [-0.05, 0) is 22.6 Å². The van der Waals surface area contributed by atoms with Gasteiger partial charge in [0.1, 0.15) is 0 Å². The first-order valence-electron chi connectivity index (χ1n) is 5.72. The lowest BCUT2D eigenvalue weighted by Crippen LogP contribution is -2.03. The van der Waals surface area contributed by atoms with Crippen LogP contribution < -0.4 is 0 Å². The van der Waals surface area contributed by atoms with Gasteiger partial charge in [0, 0.05) is 23.2 Å². The molecule has 3 aromatic rings. The van der Waals surface area contributed by atoms with E-state index in [1.54, 1.807) is 12.4 Å². The Morgan fingerprint density at radius 1 is 1.35 bits per heavy atom. The molecule has 1 aromatic carbocycles. The Morgan fingerprint density at radius 3 is 3.10 bits per heavy atom. The normalized spacial score (nSPS) is 10.8. The molecule has 20 heavy (non-hydrogen) atoms. The maximum Gasteiger partial charge on any atom is 0.313 e. The van der Waals surface area contributed by atoms with Gasteiger partial charge in [0.2, 0.25) is 5.16 Å². The van der Waals surface area contributed by atoms with Crippen molar-refractivity contribution in [3.63, 3.8) is 0 Å². The van der Waals surface area contributed by atoms with E-state index in [0.29, 0.717) is 5.16 Å². The number of aromatic nitrogens is 5. The number of fused-ring (bicyclic) bond motifs is 1. The molecule has 0 fully saturated rings. The fourth-order valence-corrected chi connectivity index (χ4v) is 2.44. The number of carboxylic acids is 1. The van der Waals surface area contributed by atoms with Crippen LogP contribution in [0.15, 0.2) is 41.8 Å². The van der Waals surface area contributed by atoms with Crippen LogP contribution in [0.1, 0.15) is 0 Å². The minimum atomic E-state index is -0.910. The summed E-state index contributed by atoms with van der Waals surface area (Å²) < 4.78 is 1.54. The Morgan fingerprint density at radius 2 is 2.25 bits per heavy atom. The van der Waals surface area contributed by atoms with E-state index in [1.807, 2.05) is 24.3 Å². The number of aliphatic carboxylic acids is 1. The SMILES string of the molecule is O=C(O)CSc1nnnn1-c1cccc2cnccc12. The number of rotatable bonds is 4. The summed E-state index contributed by atoms with van der Waals surface area (Å²) in [5.41, 5.74) is 0.794. The van der Waals surface area contributed by atoms with Crippen molar-refractivity contribution in [2.24, 2.45) is 0 Å². The molecule has 0 bridgehead atoms. The van der Waals surface area contributed by atoms with Crippen LogP contribution in [0.4, 0.5) is 0 Å². The third-order valence-electron chi connectivity index (χ3n) is 2.65. The van der Waals surface area contributed by atoms with Crippen molar-refractivity contribution in [3.8, 4) is 5.69 Å². The van der Waals surface area contributed by atoms with E-state index in [9.17, 15) is 4.79 Å². The number of thioether (sulfide) groups is 1. The average molecular weight is 287 g/mol. The molecular formula is C12H9N5O2S. The van der Waals surface area contributed by atoms with Gasteiger partial charge in [0.05, 0.1) is 11.4 Å². The molecule has 0 spiro atoms. The van der Waals surface area contributed by atoms with Gasteiger partial charge in [0.25, 0.3) is 0 Å². The van der Waals surface area contributed by atoms with E-state index >= 15 is 0 Å². The number of hydrogen-bond acceptors (Lipinski definition) is 6. The molecule has 0 radical (unpaired) electrons. The van der Waals surface area contributed by atoms with Crippen LogP contribution in [0.2, 0.25) is 0 Å². The topological polar surface area (TPSA) is 93.8 Å². The monoisotopic (exact) mass is 287 g/mol. The Balaban J connectivity index is 2.08. The van der Waals surface area contributed by atoms with Crippen LogP contribution in [0.5, 0.6) is 0 Å². The summed E-state index contributed by atoms with van der Waals surface area (Å²) in [4.78, 5) is 14.7. The molecule has 0 saturated heterocycles. The maximum atomic E-state index is 10.6. The molecule has 0 saturated carbocycles. The van der Waals surface area contributed by atoms with Crippen LogP contribution in [-0.4, -0.2) is 42.0 Å². The largest absolute Gasteiger partial charge is 0.481 e. The third-order valence-corrected chi connectivity index (χ3v) is 3.56. The molecular weight excluding hydrogens is 278 g/mol. The predicted molar refractivity (Wildman–Crippen MR) is 72.8 cm³/mol. The molecule has 0 amide bonds. The van der Waals surface area contributed by atoms with Crippen molar-refractivity contribution in [3.05, 3.63) is 36.7 Å². The molecule has 0 aliphatic carbocycles. The number of carboxylic acid groups (broad SMARTS) is 1. The third kappa shape index (κ3) is 2.32. The summed E-state index contributed by atoms with van der Waals surface area (Å²) in [5, 5.41) is 22.5. The minimum Gasteiger partial charge on any atom is -0.481 e. The maximum absolute atomic E-state index is 10.6. The van der Waals surface area contributed by atoms with E-state index in [4.69, 9.17) is 5.11 Å². The summed E-state index contributed by atoms with van der Waals surface area (Å²) in [7, 11) is 0. The molecule has 100 valence electrons. The summed E-state index contributed by atoms with van der Waals surface area (Å²) in [5.74, 6) is -1.00. The highest BCUT2D eigenvalue weighted by Gasteiger charge is 2.12. The van der Waals surface area contributed by atoms with Gasteiger partial charge in [-0.25, -0.2) is 0 Å². The summed E-state index contributed by atoms with van der Waals surface area (Å²) in [6, 6.07) is 7.58. The van der Waals surface area contributed by atoms with Crippen molar-refractivity contribution in [2.75, 3.05) is 5.75 Å². The van der Waals surface area contributed by atoms with Crippen molar-refractivity contribution in [2.45, 2.75) is 5.16 Å². The fourth-order valence-electron chi connectivity index (χ4n) is 1.84. The quantitative estimate of drug-likeness (QED) is 0.724. The van der Waals surface area contributed by atoms with Crippen molar-refractivity contribution in [1.29, 1.82) is 0 Å². The molecule has 0 unspecified atom stereocenters. The zero-order valence-corrected chi connectivity index (χ0v) is 11.0. The van der Waals surface area contributed by atoms with E-state index in [0.717, 1.165) is 28.2 Å². The smallest absolute Gasteiger partial charge is 0.313 e. The zero-order valence-electron chi connectivity index (χ0n) is 10.2. The number of nitrogens with zero attached hydrogens (tertiary/aromatic N) is 5. The fraction of sp³-hybridized carbons (Fsp3) is 0.0833. The molecule has 2 aromatic heterocycles. The second kappa shape index (κ2) is 5.25. The van der Waals surface area contributed by atoms with Gasteiger partial charge in [-0.2, -0.15) is 4.68 Å². The lowest BCUT2D eigenvalue weighted by molar-refractivity contribution is -0.133. The van der Waals surface area contributed by atoms with Gasteiger partial charge < -0.3 is 5.11 Å². The Hall–Kier alpha value is -2.48. The number of carbonyl (C=O) groups is 1. The van der Waals surface area contributed by atoms with Crippen LogP contribution in [0.3, 0.4) is 0 Å². The number of hydrogen-bond donors (Lipinski definition) is 1. The Kier molecular flexibility index (Phi) is 3.30. The summed E-state index contributed by atoms with van der Waals surface area (Å²) in [6.07, 6.45) is 3.45. The molecule has 2 heterocycles. The molecule has 7 nitrogen and oxygen atoms in total. The van der Waals surface area contributed by atoms with Crippen molar-refractivity contribution in [1.82, 2.24) is 25.2 Å². The number of pyridine rings is 1. The van der Waals surface area contributed by atoms with Gasteiger partial charge in [0.15, 0.2) is 0 Å². The summed E-state index contributed by atoms with van der Waals surface area (Å²) >= 11 is 1.08. The standard InChI is InChI=1S/C12H9N5O2S/c18-11(19)7-20-12-14-15-16-17(12)10-3-1-2-8-6-13-5-4-9(8)10/h1-6H,7H2,(H,18,19). The van der Waals surface area contributed by atoms with Crippen LogP contribution in [0, 0.1) is 0 Å². The Bertz CT molecular complexity index is 768. The highest BCUT2D eigenvalue weighted by atomic mass is 32.2. The second-order valence-corrected chi connectivity index (χ2v) is 4.87. The van der Waals surface area contributed by atoms with E-state index < -0.39 is 5.97 Å². The summed E-state index contributed by atoms with van der Waals surface area (Å²) in [6.45, 7) is 0. The van der Waals surface area contributed by atoms with E-state index in [2.05, 4.69) is 20.5 Å². The van der Waals surface area contributed by atoms with Gasteiger partial charge >= 0.3 is 5.97 Å². The van der Waals surface area contributed by atoms with Crippen LogP contribution >= 0.6 is 11.8 Å². The zero-order chi connectivity index (χ0) is 13.9. The van der Waals surface area contributed by atoms with Crippen LogP contribution in [-0.2, 0) is 4.79 Å². The highest BCUT2D eigenvalue weighted by molar-refractivity contribution is 7.99. The molecule has 0 atom stereocenters. The van der Waals surface area contributed by atoms with Gasteiger partial charge in [-0.15, -0.1) is 5.10 Å². The second-order valence-electron chi connectivity index (χ2n) is 3.93. The van der Waals surface area contributed by atoms with Gasteiger partial charge in [-0.3, -0.25) is 9.78 Å². The number of tetrazole rings is 1. The van der Waals surface area contributed by atoms with Crippen molar-refractivity contribution >= 4 is 28.5 Å². The average Bonchev–Trinajstić information content (AvgIpc) is 2.92. The first kappa shape index (κ1) is 12.5. The minimum absolute atomic E-state index is 0.0906. The predicted octanol–water partition coefficient (Wildman–Crippen LogP) is 1.39. The molecule has 1 N–H and O–H groups in total. The highest BCUT2D eigenvalue weighted by Crippen LogP contribution is 2.24. The van der Waals surface area contributed by atoms with Crippen LogP contribution in [0.25, 0.3) is 16.5 Å². The van der Waals surface area contributed by atoms with Gasteiger partial charge in [-0.1, -0.05) is 23.9 Å². The molecule has 0 aliphatic rings. The first-order valence-corrected chi connectivity index (χ1v) is 6.70. The lowest BCUT2D eigenvalue weighted by Gasteiger charge is -2.06. The molecule has 8 heteroatoms. The van der Waals surface area contributed by atoms with Crippen molar-refractivity contribution < 1.29 is 9.90 Å². The van der Waals surface area contributed by atoms with E-state index in [1.165, 1.54) is 4.68 Å². The van der Waals surface area contributed by atoms with E-state index in [-0.39, 0.29) is 5.75 Å².